The molecule has 0 aliphatic rings. The number of nitrogens with zero attached hydrogens (tertiary/aromatic N) is 2. The van der Waals surface area contributed by atoms with E-state index in [-0.39, 0.29) is 5.56 Å². The third kappa shape index (κ3) is 7.03. The molecule has 2 rings (SSSR count). The minimum atomic E-state index is -0.0932. The van der Waals surface area contributed by atoms with Gasteiger partial charge in [0.2, 0.25) is 0 Å². The summed E-state index contributed by atoms with van der Waals surface area (Å²) in [6.07, 6.45) is 11.6. The van der Waals surface area contributed by atoms with Crippen molar-refractivity contribution < 1.29 is 0 Å². The van der Waals surface area contributed by atoms with Gasteiger partial charge >= 0.3 is 0 Å². The summed E-state index contributed by atoms with van der Waals surface area (Å²) >= 11 is 1.56. The van der Waals surface area contributed by atoms with Crippen LogP contribution < -0.4 is 5.56 Å². The Morgan fingerprint density at radius 3 is 2.14 bits per heavy atom. The molecule has 0 bridgehead atoms. The molecule has 2 aromatic rings. The molecule has 0 aliphatic heterocycles. The number of hydrogen-bond acceptors (Lipinski definition) is 3. The molecule has 0 saturated heterocycles. The Morgan fingerprint density at radius 2 is 1.64 bits per heavy atom. The summed E-state index contributed by atoms with van der Waals surface area (Å²) in [7, 11) is 0. The topological polar surface area (TPSA) is 34.9 Å². The van der Waals surface area contributed by atoms with Gasteiger partial charge in [-0.2, -0.15) is 9.78 Å². The average molecular weight is 321 g/mol. The first-order chi connectivity index (χ1) is 10.7. The lowest BCUT2D eigenvalue weighted by Gasteiger charge is -1.97. The second kappa shape index (κ2) is 11.2. The summed E-state index contributed by atoms with van der Waals surface area (Å²) in [5.74, 6) is 0. The molecule has 0 fully saturated rings. The molecule has 22 heavy (non-hydrogen) atoms. The van der Waals surface area contributed by atoms with E-state index >= 15 is 0 Å². The van der Waals surface area contributed by atoms with Crippen molar-refractivity contribution in [2.45, 2.75) is 65.7 Å². The minimum absolute atomic E-state index is 0.0932. The van der Waals surface area contributed by atoms with Crippen molar-refractivity contribution in [3.8, 4) is 5.00 Å². The first-order valence-corrected chi connectivity index (χ1v) is 9.11. The highest BCUT2D eigenvalue weighted by molar-refractivity contribution is 7.14. The fraction of sp³-hybridized carbons (Fsp3) is 0.556. The van der Waals surface area contributed by atoms with Gasteiger partial charge in [-0.3, -0.25) is 4.79 Å². The van der Waals surface area contributed by atoms with E-state index in [0.717, 1.165) is 5.00 Å². The maximum Gasteiger partial charge on any atom is 0.272 e. The molecule has 0 amide bonds. The Bertz CT molecular complexity index is 568. The zero-order valence-corrected chi connectivity index (χ0v) is 14.9. The van der Waals surface area contributed by atoms with Crippen LogP contribution in [0.4, 0.5) is 0 Å². The summed E-state index contributed by atoms with van der Waals surface area (Å²) in [6, 6.07) is 7.01. The molecule has 0 aromatic carbocycles. The van der Waals surface area contributed by atoms with Gasteiger partial charge in [0.05, 0.1) is 0 Å². The van der Waals surface area contributed by atoms with E-state index in [1.165, 1.54) is 60.6 Å². The predicted octanol–water partition coefficient (Wildman–Crippen LogP) is 5.36. The van der Waals surface area contributed by atoms with Crippen molar-refractivity contribution in [1.29, 1.82) is 0 Å². The highest BCUT2D eigenvalue weighted by Gasteiger charge is 2.01. The van der Waals surface area contributed by atoms with E-state index in [0.29, 0.717) is 0 Å². The minimum Gasteiger partial charge on any atom is -0.267 e. The standard InChI is InChI=1S/C9H8N2OS.C9H20/c1-7-4-5-9(13-7)11-8(12)3-2-6-10-11;1-3-5-7-9-8-6-4-2/h2-6H,1H3;3-9H2,1-2H3. The van der Waals surface area contributed by atoms with Crippen molar-refractivity contribution in [2.24, 2.45) is 0 Å². The fourth-order valence-electron chi connectivity index (χ4n) is 2.09. The average Bonchev–Trinajstić information content (AvgIpc) is 2.95. The zero-order chi connectivity index (χ0) is 16.2. The molecule has 2 aromatic heterocycles. The number of rotatable bonds is 7. The summed E-state index contributed by atoms with van der Waals surface area (Å²) in [5, 5.41) is 4.84. The van der Waals surface area contributed by atoms with Gasteiger partial charge in [-0.15, -0.1) is 11.3 Å². The molecule has 0 N–H and O–H groups in total. The van der Waals surface area contributed by atoms with Crippen LogP contribution >= 0.6 is 11.3 Å². The second-order valence-electron chi connectivity index (χ2n) is 5.43. The number of thiophene rings is 1. The van der Waals surface area contributed by atoms with Crippen LogP contribution in [0.5, 0.6) is 0 Å². The van der Waals surface area contributed by atoms with Gasteiger partial charge in [0, 0.05) is 17.1 Å². The maximum atomic E-state index is 11.3. The fourth-order valence-corrected chi connectivity index (χ4v) is 2.91. The van der Waals surface area contributed by atoms with Crippen LogP contribution in [0.2, 0.25) is 0 Å². The molecule has 0 radical (unpaired) electrons. The lowest BCUT2D eigenvalue weighted by atomic mass is 10.1. The monoisotopic (exact) mass is 320 g/mol. The normalized spacial score (nSPS) is 10.1. The van der Waals surface area contributed by atoms with Crippen molar-refractivity contribution in [3.05, 3.63) is 45.7 Å². The number of aryl methyl sites for hydroxylation is 1. The molecule has 0 aliphatic carbocycles. The molecule has 0 atom stereocenters. The van der Waals surface area contributed by atoms with Gasteiger partial charge in [-0.25, -0.2) is 0 Å². The lowest BCUT2D eigenvalue weighted by molar-refractivity contribution is 0.602. The van der Waals surface area contributed by atoms with Gasteiger partial charge in [0.15, 0.2) is 0 Å². The largest absolute Gasteiger partial charge is 0.272 e. The van der Waals surface area contributed by atoms with E-state index in [2.05, 4.69) is 18.9 Å². The van der Waals surface area contributed by atoms with E-state index in [4.69, 9.17) is 0 Å². The van der Waals surface area contributed by atoms with Crippen molar-refractivity contribution >= 4 is 11.3 Å². The quantitative estimate of drug-likeness (QED) is 0.644. The van der Waals surface area contributed by atoms with Crippen molar-refractivity contribution in [1.82, 2.24) is 9.78 Å². The highest BCUT2D eigenvalue weighted by atomic mass is 32.1. The molecule has 0 saturated carbocycles. The van der Waals surface area contributed by atoms with E-state index in [1.54, 1.807) is 23.6 Å². The van der Waals surface area contributed by atoms with Crippen LogP contribution in [0.25, 0.3) is 5.00 Å². The number of aromatic nitrogens is 2. The summed E-state index contributed by atoms with van der Waals surface area (Å²) < 4.78 is 1.40. The first kappa shape index (κ1) is 18.6. The maximum absolute atomic E-state index is 11.3. The first-order valence-electron chi connectivity index (χ1n) is 8.30. The number of unbranched alkanes of at least 4 members (excludes halogenated alkanes) is 6. The van der Waals surface area contributed by atoms with Gasteiger partial charge in [-0.05, 0) is 25.1 Å². The van der Waals surface area contributed by atoms with Crippen molar-refractivity contribution in [3.63, 3.8) is 0 Å². The summed E-state index contributed by atoms with van der Waals surface area (Å²) in [5.41, 5.74) is -0.0932. The lowest BCUT2D eigenvalue weighted by Crippen LogP contribution is -2.17. The van der Waals surface area contributed by atoms with Gasteiger partial charge in [0.25, 0.3) is 5.56 Å². The van der Waals surface area contributed by atoms with Crippen LogP contribution in [-0.4, -0.2) is 9.78 Å². The van der Waals surface area contributed by atoms with Crippen molar-refractivity contribution in [2.75, 3.05) is 0 Å². The Morgan fingerprint density at radius 1 is 1.00 bits per heavy atom. The Kier molecular flexibility index (Phi) is 9.47. The summed E-state index contributed by atoms with van der Waals surface area (Å²) in [6.45, 7) is 6.53. The Labute approximate surface area is 138 Å². The molecule has 122 valence electrons. The highest BCUT2D eigenvalue weighted by Crippen LogP contribution is 2.16. The van der Waals surface area contributed by atoms with Crippen LogP contribution in [0.1, 0.15) is 63.7 Å². The third-order valence-electron chi connectivity index (χ3n) is 3.36. The van der Waals surface area contributed by atoms with Crippen LogP contribution in [0, 0.1) is 6.92 Å². The van der Waals surface area contributed by atoms with Crippen LogP contribution in [-0.2, 0) is 0 Å². The van der Waals surface area contributed by atoms with E-state index in [9.17, 15) is 4.79 Å². The Balaban J connectivity index is 0.000000239. The Hall–Kier alpha value is -1.42. The second-order valence-corrected chi connectivity index (χ2v) is 6.69. The molecule has 0 spiro atoms. The SMILES string of the molecule is CCCCCCCCC.Cc1ccc(-n2ncccc2=O)s1. The summed E-state index contributed by atoms with van der Waals surface area (Å²) in [4.78, 5) is 12.5. The van der Waals surface area contributed by atoms with Crippen LogP contribution in [0.15, 0.2) is 35.3 Å². The smallest absolute Gasteiger partial charge is 0.267 e. The van der Waals surface area contributed by atoms with E-state index < -0.39 is 0 Å². The molecule has 3 nitrogen and oxygen atoms in total. The predicted molar refractivity (Wildman–Crippen MR) is 96.1 cm³/mol. The van der Waals surface area contributed by atoms with E-state index in [1.807, 2.05) is 19.1 Å². The molecule has 2 heterocycles. The zero-order valence-electron chi connectivity index (χ0n) is 14.0. The molecule has 4 heteroatoms. The molecular weight excluding hydrogens is 292 g/mol. The molecular formula is C18H28N2OS. The molecule has 0 unspecified atom stereocenters. The van der Waals surface area contributed by atoms with Crippen LogP contribution in [0.3, 0.4) is 0 Å². The van der Waals surface area contributed by atoms with Gasteiger partial charge in [-0.1, -0.05) is 58.8 Å². The number of hydrogen-bond donors (Lipinski definition) is 0. The third-order valence-corrected chi connectivity index (χ3v) is 4.33. The van der Waals surface area contributed by atoms with Gasteiger partial charge in [0.1, 0.15) is 5.00 Å². The van der Waals surface area contributed by atoms with Gasteiger partial charge < -0.3 is 0 Å².